The lowest BCUT2D eigenvalue weighted by Gasteiger charge is -2.26. The molecule has 0 aliphatic heterocycles. The molecule has 0 radical (unpaired) electrons. The third-order valence-corrected chi connectivity index (χ3v) is 4.16. The lowest BCUT2D eigenvalue weighted by molar-refractivity contribution is 0.458. The summed E-state index contributed by atoms with van der Waals surface area (Å²) in [5, 5.41) is 0. The largest absolute Gasteiger partial charge is 0.0890 e. The van der Waals surface area contributed by atoms with Crippen LogP contribution < -0.4 is 0 Å². The predicted octanol–water partition coefficient (Wildman–Crippen LogP) is 4.72. The van der Waals surface area contributed by atoms with E-state index in [1.54, 1.807) is 5.56 Å². The van der Waals surface area contributed by atoms with E-state index in [2.05, 4.69) is 48.0 Å². The highest BCUT2D eigenvalue weighted by atomic mass is 79.9. The van der Waals surface area contributed by atoms with Gasteiger partial charge in [0.2, 0.25) is 0 Å². The van der Waals surface area contributed by atoms with E-state index < -0.39 is 0 Å². The first-order chi connectivity index (χ1) is 7.15. The molecule has 0 N–H and O–H groups in total. The second kappa shape index (κ2) is 4.69. The first-order valence-electron chi connectivity index (χ1n) is 5.87. The van der Waals surface area contributed by atoms with Crippen LogP contribution in [-0.2, 0) is 0 Å². The standard InChI is InChI=1S/C14H19Br/c1-10-6-11(2)8-13(7-10)12-4-3-5-14(15)9-12/h6-8,12,14H,3-5,9H2,1-2H3. The van der Waals surface area contributed by atoms with Crippen LogP contribution in [0.2, 0.25) is 0 Å². The average Bonchev–Trinajstić information content (AvgIpc) is 2.16. The van der Waals surface area contributed by atoms with Crippen LogP contribution in [0.4, 0.5) is 0 Å². The normalized spacial score (nSPS) is 26.6. The SMILES string of the molecule is Cc1cc(C)cc(C2CCCC(Br)C2)c1. The maximum absolute atomic E-state index is 3.76. The molecule has 1 aromatic rings. The molecule has 1 aliphatic carbocycles. The fourth-order valence-electron chi connectivity index (χ4n) is 2.68. The van der Waals surface area contributed by atoms with E-state index in [1.165, 1.54) is 36.8 Å². The Morgan fingerprint density at radius 2 is 1.73 bits per heavy atom. The molecule has 0 spiro atoms. The Labute approximate surface area is 101 Å². The molecule has 1 aliphatic rings. The Morgan fingerprint density at radius 3 is 2.33 bits per heavy atom. The number of aryl methyl sites for hydroxylation is 2. The van der Waals surface area contributed by atoms with Crippen molar-refractivity contribution in [1.82, 2.24) is 0 Å². The van der Waals surface area contributed by atoms with Crippen molar-refractivity contribution in [2.75, 3.05) is 0 Å². The Hall–Kier alpha value is -0.300. The molecule has 2 atom stereocenters. The molecule has 1 aromatic carbocycles. The molecule has 1 saturated carbocycles. The van der Waals surface area contributed by atoms with Gasteiger partial charge in [0.25, 0.3) is 0 Å². The number of alkyl halides is 1. The summed E-state index contributed by atoms with van der Waals surface area (Å²) in [5.74, 6) is 0.779. The smallest absolute Gasteiger partial charge is 0.0151 e. The highest BCUT2D eigenvalue weighted by molar-refractivity contribution is 9.09. The Bertz CT molecular complexity index is 323. The fraction of sp³-hybridized carbons (Fsp3) is 0.571. The van der Waals surface area contributed by atoms with Gasteiger partial charge >= 0.3 is 0 Å². The Morgan fingerprint density at radius 1 is 1.07 bits per heavy atom. The lowest BCUT2D eigenvalue weighted by Crippen LogP contribution is -2.13. The van der Waals surface area contributed by atoms with Crippen LogP contribution in [0.5, 0.6) is 0 Å². The average molecular weight is 267 g/mol. The second-order valence-electron chi connectivity index (χ2n) is 4.88. The molecular formula is C14H19Br. The molecule has 82 valence electrons. The number of halogens is 1. The van der Waals surface area contributed by atoms with Crippen molar-refractivity contribution >= 4 is 15.9 Å². The molecule has 0 amide bonds. The molecular weight excluding hydrogens is 248 g/mol. The maximum Gasteiger partial charge on any atom is 0.0151 e. The van der Waals surface area contributed by atoms with Gasteiger partial charge in [0, 0.05) is 4.83 Å². The number of hydrogen-bond donors (Lipinski definition) is 0. The van der Waals surface area contributed by atoms with Crippen LogP contribution >= 0.6 is 15.9 Å². The van der Waals surface area contributed by atoms with Crippen LogP contribution in [0.25, 0.3) is 0 Å². The summed E-state index contributed by atoms with van der Waals surface area (Å²) in [7, 11) is 0. The van der Waals surface area contributed by atoms with Crippen molar-refractivity contribution in [3.63, 3.8) is 0 Å². The van der Waals surface area contributed by atoms with Gasteiger partial charge in [-0.3, -0.25) is 0 Å². The molecule has 2 rings (SSSR count). The van der Waals surface area contributed by atoms with E-state index >= 15 is 0 Å². The molecule has 15 heavy (non-hydrogen) atoms. The van der Waals surface area contributed by atoms with E-state index in [4.69, 9.17) is 0 Å². The summed E-state index contributed by atoms with van der Waals surface area (Å²) >= 11 is 3.76. The molecule has 0 saturated heterocycles. The van der Waals surface area contributed by atoms with E-state index in [9.17, 15) is 0 Å². The maximum atomic E-state index is 3.76. The zero-order chi connectivity index (χ0) is 10.8. The van der Waals surface area contributed by atoms with Gasteiger partial charge in [-0.05, 0) is 44.6 Å². The first kappa shape index (κ1) is 11.2. The van der Waals surface area contributed by atoms with Crippen LogP contribution in [-0.4, -0.2) is 4.83 Å². The van der Waals surface area contributed by atoms with Crippen LogP contribution in [0.3, 0.4) is 0 Å². The molecule has 1 heteroatoms. The number of rotatable bonds is 1. The molecule has 0 bridgehead atoms. The molecule has 0 nitrogen and oxygen atoms in total. The minimum atomic E-state index is 0.733. The van der Waals surface area contributed by atoms with Gasteiger partial charge in [-0.1, -0.05) is 51.7 Å². The Balaban J connectivity index is 2.20. The van der Waals surface area contributed by atoms with Gasteiger partial charge in [-0.25, -0.2) is 0 Å². The highest BCUT2D eigenvalue weighted by Crippen LogP contribution is 2.36. The van der Waals surface area contributed by atoms with Gasteiger partial charge in [0.15, 0.2) is 0 Å². The van der Waals surface area contributed by atoms with Crippen LogP contribution in [0, 0.1) is 13.8 Å². The lowest BCUT2D eigenvalue weighted by atomic mass is 9.83. The molecule has 1 fully saturated rings. The van der Waals surface area contributed by atoms with Gasteiger partial charge in [-0.2, -0.15) is 0 Å². The Kier molecular flexibility index (Phi) is 3.50. The zero-order valence-electron chi connectivity index (χ0n) is 9.59. The quantitative estimate of drug-likeness (QED) is 0.645. The van der Waals surface area contributed by atoms with Crippen molar-refractivity contribution < 1.29 is 0 Å². The monoisotopic (exact) mass is 266 g/mol. The van der Waals surface area contributed by atoms with Crippen molar-refractivity contribution in [3.8, 4) is 0 Å². The number of hydrogen-bond acceptors (Lipinski definition) is 0. The van der Waals surface area contributed by atoms with Gasteiger partial charge < -0.3 is 0 Å². The van der Waals surface area contributed by atoms with E-state index in [0.717, 1.165) is 10.7 Å². The van der Waals surface area contributed by atoms with Crippen LogP contribution in [0.1, 0.15) is 48.3 Å². The van der Waals surface area contributed by atoms with Crippen molar-refractivity contribution in [1.29, 1.82) is 0 Å². The minimum Gasteiger partial charge on any atom is -0.0890 e. The highest BCUT2D eigenvalue weighted by Gasteiger charge is 2.21. The van der Waals surface area contributed by atoms with Gasteiger partial charge in [0.05, 0.1) is 0 Å². The molecule has 0 aromatic heterocycles. The van der Waals surface area contributed by atoms with Gasteiger partial charge in [0.1, 0.15) is 0 Å². The van der Waals surface area contributed by atoms with E-state index in [0.29, 0.717) is 0 Å². The zero-order valence-corrected chi connectivity index (χ0v) is 11.2. The topological polar surface area (TPSA) is 0 Å². The van der Waals surface area contributed by atoms with Gasteiger partial charge in [-0.15, -0.1) is 0 Å². The van der Waals surface area contributed by atoms with E-state index in [-0.39, 0.29) is 0 Å². The minimum absolute atomic E-state index is 0.733. The summed E-state index contributed by atoms with van der Waals surface area (Å²) in [6.45, 7) is 4.40. The second-order valence-corrected chi connectivity index (χ2v) is 6.18. The first-order valence-corrected chi connectivity index (χ1v) is 6.79. The summed E-state index contributed by atoms with van der Waals surface area (Å²) in [4.78, 5) is 0.733. The summed E-state index contributed by atoms with van der Waals surface area (Å²) in [5.41, 5.74) is 4.36. The molecule has 0 heterocycles. The molecule has 2 unspecified atom stereocenters. The fourth-order valence-corrected chi connectivity index (χ4v) is 3.45. The van der Waals surface area contributed by atoms with Crippen LogP contribution in [0.15, 0.2) is 18.2 Å². The number of benzene rings is 1. The predicted molar refractivity (Wildman–Crippen MR) is 69.8 cm³/mol. The third kappa shape index (κ3) is 2.84. The summed E-state index contributed by atoms with van der Waals surface area (Å²) < 4.78 is 0. The summed E-state index contributed by atoms with van der Waals surface area (Å²) in [6, 6.07) is 6.99. The summed E-state index contributed by atoms with van der Waals surface area (Å²) in [6.07, 6.45) is 5.39. The van der Waals surface area contributed by atoms with E-state index in [1.807, 2.05) is 0 Å². The third-order valence-electron chi connectivity index (χ3n) is 3.33. The van der Waals surface area contributed by atoms with Crippen molar-refractivity contribution in [2.45, 2.75) is 50.3 Å². The van der Waals surface area contributed by atoms with Crippen molar-refractivity contribution in [2.24, 2.45) is 0 Å². The van der Waals surface area contributed by atoms with Crippen molar-refractivity contribution in [3.05, 3.63) is 34.9 Å².